The normalized spacial score (nSPS) is 12.2. The van der Waals surface area contributed by atoms with Gasteiger partial charge in [-0.2, -0.15) is 0 Å². The van der Waals surface area contributed by atoms with Gasteiger partial charge in [-0.15, -0.1) is 0 Å². The molecule has 1 rings (SSSR count). The Morgan fingerprint density at radius 2 is 1.84 bits per heavy atom. The van der Waals surface area contributed by atoms with Crippen molar-refractivity contribution >= 4 is 17.6 Å². The Morgan fingerprint density at radius 1 is 1.26 bits per heavy atom. The maximum Gasteiger partial charge on any atom is 0.326 e. The zero-order valence-corrected chi connectivity index (χ0v) is 11.2. The molecule has 0 aliphatic carbocycles. The Labute approximate surface area is 112 Å². The molecule has 0 heterocycles. The molecule has 4 N–H and O–H groups in total. The third kappa shape index (κ3) is 5.42. The average molecular weight is 264 g/mol. The van der Waals surface area contributed by atoms with Crippen molar-refractivity contribution in [3.63, 3.8) is 0 Å². The highest BCUT2D eigenvalue weighted by molar-refractivity contribution is 5.84. The van der Waals surface area contributed by atoms with E-state index in [0.717, 1.165) is 5.56 Å². The number of amides is 1. The number of hydrogen-bond donors (Lipinski definition) is 3. The lowest BCUT2D eigenvalue weighted by Gasteiger charge is -2.16. The number of nitrogen functional groups attached to an aromatic ring is 1. The third-order valence-corrected chi connectivity index (χ3v) is 2.68. The van der Waals surface area contributed by atoms with E-state index in [1.807, 2.05) is 13.8 Å². The predicted octanol–water partition coefficient (Wildman–Crippen LogP) is 1.43. The third-order valence-electron chi connectivity index (χ3n) is 2.68. The molecule has 0 saturated heterocycles. The van der Waals surface area contributed by atoms with E-state index >= 15 is 0 Å². The molecule has 0 aliphatic heterocycles. The predicted molar refractivity (Wildman–Crippen MR) is 73.6 cm³/mol. The van der Waals surface area contributed by atoms with Crippen LogP contribution in [0.2, 0.25) is 0 Å². The number of carbonyl (C=O) groups excluding carboxylic acids is 1. The van der Waals surface area contributed by atoms with Gasteiger partial charge in [-0.05, 0) is 30.0 Å². The second-order valence-electron chi connectivity index (χ2n) is 5.01. The molecule has 1 unspecified atom stereocenters. The number of carboxylic acids is 1. The van der Waals surface area contributed by atoms with Gasteiger partial charge < -0.3 is 16.2 Å². The van der Waals surface area contributed by atoms with E-state index in [-0.39, 0.29) is 18.2 Å². The number of carboxylic acid groups (broad SMARTS) is 1. The van der Waals surface area contributed by atoms with Crippen LogP contribution < -0.4 is 11.1 Å². The van der Waals surface area contributed by atoms with Crippen LogP contribution in [-0.4, -0.2) is 23.0 Å². The first-order valence-electron chi connectivity index (χ1n) is 6.25. The number of nitrogens with one attached hydrogen (secondary N) is 1. The molecule has 0 bridgehead atoms. The Bertz CT molecular complexity index is 441. The van der Waals surface area contributed by atoms with Crippen LogP contribution in [0.1, 0.15) is 25.8 Å². The van der Waals surface area contributed by atoms with Gasteiger partial charge in [-0.25, -0.2) is 4.79 Å². The van der Waals surface area contributed by atoms with E-state index in [9.17, 15) is 9.59 Å². The minimum absolute atomic E-state index is 0.155. The molecule has 19 heavy (non-hydrogen) atoms. The van der Waals surface area contributed by atoms with Crippen molar-refractivity contribution in [1.82, 2.24) is 5.32 Å². The van der Waals surface area contributed by atoms with Gasteiger partial charge in [0.1, 0.15) is 6.04 Å². The molecule has 104 valence electrons. The van der Waals surface area contributed by atoms with Crippen molar-refractivity contribution in [2.75, 3.05) is 5.73 Å². The van der Waals surface area contributed by atoms with Crippen molar-refractivity contribution < 1.29 is 14.7 Å². The van der Waals surface area contributed by atoms with Gasteiger partial charge in [0.25, 0.3) is 0 Å². The molecular formula is C14H20N2O3. The summed E-state index contributed by atoms with van der Waals surface area (Å²) >= 11 is 0. The van der Waals surface area contributed by atoms with Crippen molar-refractivity contribution in [3.8, 4) is 0 Å². The zero-order chi connectivity index (χ0) is 14.4. The Morgan fingerprint density at radius 3 is 2.32 bits per heavy atom. The fourth-order valence-electron chi connectivity index (χ4n) is 1.76. The Kier molecular flexibility index (Phi) is 5.36. The highest BCUT2D eigenvalue weighted by Crippen LogP contribution is 2.08. The van der Waals surface area contributed by atoms with Crippen LogP contribution >= 0.6 is 0 Å². The van der Waals surface area contributed by atoms with Gasteiger partial charge in [-0.1, -0.05) is 26.0 Å². The summed E-state index contributed by atoms with van der Waals surface area (Å²) < 4.78 is 0. The van der Waals surface area contributed by atoms with Gasteiger partial charge in [0, 0.05) is 5.69 Å². The summed E-state index contributed by atoms with van der Waals surface area (Å²) in [6.45, 7) is 3.84. The first-order valence-corrected chi connectivity index (χ1v) is 6.25. The fourth-order valence-corrected chi connectivity index (χ4v) is 1.76. The highest BCUT2D eigenvalue weighted by atomic mass is 16.4. The second kappa shape index (κ2) is 6.78. The molecule has 0 spiro atoms. The van der Waals surface area contributed by atoms with Gasteiger partial charge in [0.05, 0.1) is 6.42 Å². The van der Waals surface area contributed by atoms with E-state index in [4.69, 9.17) is 10.8 Å². The molecule has 1 aromatic rings. The average Bonchev–Trinajstić information content (AvgIpc) is 2.30. The van der Waals surface area contributed by atoms with E-state index in [1.54, 1.807) is 24.3 Å². The molecule has 5 heteroatoms. The minimum Gasteiger partial charge on any atom is -0.480 e. The molecule has 0 saturated carbocycles. The van der Waals surface area contributed by atoms with Gasteiger partial charge >= 0.3 is 5.97 Å². The van der Waals surface area contributed by atoms with Crippen LogP contribution in [0.25, 0.3) is 0 Å². The molecule has 0 aliphatic rings. The van der Waals surface area contributed by atoms with E-state index < -0.39 is 12.0 Å². The first kappa shape index (κ1) is 15.0. The summed E-state index contributed by atoms with van der Waals surface area (Å²) in [4.78, 5) is 22.8. The summed E-state index contributed by atoms with van der Waals surface area (Å²) in [6, 6.07) is 6.11. The van der Waals surface area contributed by atoms with Crippen LogP contribution in [0.15, 0.2) is 24.3 Å². The van der Waals surface area contributed by atoms with Crippen molar-refractivity contribution in [2.45, 2.75) is 32.7 Å². The van der Waals surface area contributed by atoms with E-state index in [2.05, 4.69) is 5.32 Å². The maximum absolute atomic E-state index is 11.8. The molecule has 0 aromatic heterocycles. The van der Waals surface area contributed by atoms with Crippen LogP contribution in [-0.2, 0) is 16.0 Å². The number of nitrogens with two attached hydrogens (primary N) is 1. The van der Waals surface area contributed by atoms with Crippen LogP contribution in [0.4, 0.5) is 5.69 Å². The monoisotopic (exact) mass is 264 g/mol. The first-order chi connectivity index (χ1) is 8.88. The van der Waals surface area contributed by atoms with E-state index in [0.29, 0.717) is 12.1 Å². The van der Waals surface area contributed by atoms with Crippen molar-refractivity contribution in [3.05, 3.63) is 29.8 Å². The summed E-state index contributed by atoms with van der Waals surface area (Å²) in [5, 5.41) is 11.6. The van der Waals surface area contributed by atoms with Crippen molar-refractivity contribution in [1.29, 1.82) is 0 Å². The molecule has 5 nitrogen and oxygen atoms in total. The van der Waals surface area contributed by atoms with Crippen LogP contribution in [0, 0.1) is 5.92 Å². The summed E-state index contributed by atoms with van der Waals surface area (Å²) in [7, 11) is 0. The molecule has 1 aromatic carbocycles. The standard InChI is InChI=1S/C14H20N2O3/c1-9(2)7-12(14(18)19)16-13(17)8-10-3-5-11(15)6-4-10/h3-6,9,12H,7-8,15H2,1-2H3,(H,16,17)(H,18,19). The molecular weight excluding hydrogens is 244 g/mol. The van der Waals surface area contributed by atoms with Gasteiger partial charge in [-0.3, -0.25) is 4.79 Å². The lowest BCUT2D eigenvalue weighted by atomic mass is 10.0. The van der Waals surface area contributed by atoms with Gasteiger partial charge in [0.2, 0.25) is 5.91 Å². The van der Waals surface area contributed by atoms with Crippen LogP contribution in [0.3, 0.4) is 0 Å². The maximum atomic E-state index is 11.8. The number of rotatable bonds is 6. The lowest BCUT2D eigenvalue weighted by Crippen LogP contribution is -2.42. The molecule has 0 fully saturated rings. The highest BCUT2D eigenvalue weighted by Gasteiger charge is 2.20. The fraction of sp³-hybridized carbons (Fsp3) is 0.429. The molecule has 1 atom stereocenters. The Balaban J connectivity index is 2.57. The summed E-state index contributed by atoms with van der Waals surface area (Å²) in [5.41, 5.74) is 6.99. The lowest BCUT2D eigenvalue weighted by molar-refractivity contribution is -0.142. The zero-order valence-electron chi connectivity index (χ0n) is 11.2. The molecule has 0 radical (unpaired) electrons. The molecule has 1 amide bonds. The topological polar surface area (TPSA) is 92.4 Å². The van der Waals surface area contributed by atoms with E-state index in [1.165, 1.54) is 0 Å². The largest absolute Gasteiger partial charge is 0.480 e. The SMILES string of the molecule is CC(C)CC(NC(=O)Cc1ccc(N)cc1)C(=O)O. The number of hydrogen-bond acceptors (Lipinski definition) is 3. The minimum atomic E-state index is -1.00. The Hall–Kier alpha value is -2.04. The number of anilines is 1. The second-order valence-corrected chi connectivity index (χ2v) is 5.01. The van der Waals surface area contributed by atoms with Crippen molar-refractivity contribution in [2.24, 2.45) is 5.92 Å². The number of carbonyl (C=O) groups is 2. The smallest absolute Gasteiger partial charge is 0.326 e. The number of benzene rings is 1. The summed E-state index contributed by atoms with van der Waals surface area (Å²) in [5.74, 6) is -1.09. The van der Waals surface area contributed by atoms with Gasteiger partial charge in [0.15, 0.2) is 0 Å². The summed E-state index contributed by atoms with van der Waals surface area (Å²) in [6.07, 6.45) is 0.574. The number of aliphatic carboxylic acids is 1. The quantitative estimate of drug-likeness (QED) is 0.678. The van der Waals surface area contributed by atoms with Crippen LogP contribution in [0.5, 0.6) is 0 Å².